The Kier molecular flexibility index (Phi) is 2.77. The van der Waals surface area contributed by atoms with Gasteiger partial charge in [0.05, 0.1) is 4.90 Å². The van der Waals surface area contributed by atoms with E-state index in [1.165, 1.54) is 12.3 Å². The molecule has 0 amide bonds. The van der Waals surface area contributed by atoms with Crippen LogP contribution in [0.3, 0.4) is 0 Å². The maximum absolute atomic E-state index is 13.2. The van der Waals surface area contributed by atoms with Crippen LogP contribution in [0, 0.1) is 5.82 Å². The molecule has 0 radical (unpaired) electrons. The van der Waals surface area contributed by atoms with E-state index in [9.17, 15) is 12.8 Å². The molecule has 0 saturated heterocycles. The topological polar surface area (TPSA) is 47.0 Å². The van der Waals surface area contributed by atoms with Gasteiger partial charge in [-0.2, -0.15) is 0 Å². The Morgan fingerprint density at radius 2 is 1.94 bits per heavy atom. The van der Waals surface area contributed by atoms with Crippen molar-refractivity contribution in [2.24, 2.45) is 0 Å². The fourth-order valence-electron chi connectivity index (χ4n) is 1.38. The van der Waals surface area contributed by atoms with Gasteiger partial charge < -0.3 is 0 Å². The highest BCUT2D eigenvalue weighted by molar-refractivity contribution is 8.14. The van der Waals surface area contributed by atoms with Gasteiger partial charge in [0.2, 0.25) is 0 Å². The molecule has 2 rings (SSSR count). The minimum Gasteiger partial charge on any atom is -0.244 e. The van der Waals surface area contributed by atoms with Crippen LogP contribution >= 0.6 is 22.3 Å². The van der Waals surface area contributed by atoms with E-state index in [2.05, 4.69) is 4.98 Å². The molecule has 0 fully saturated rings. The van der Waals surface area contributed by atoms with Crippen molar-refractivity contribution in [3.05, 3.63) is 35.4 Å². The molecule has 0 saturated carbocycles. The van der Waals surface area contributed by atoms with E-state index in [4.69, 9.17) is 22.3 Å². The van der Waals surface area contributed by atoms with Gasteiger partial charge in [-0.3, -0.25) is 0 Å². The number of hydrogen-bond donors (Lipinski definition) is 0. The molecular formula is C9H4Cl2FNO2S. The second kappa shape index (κ2) is 3.84. The van der Waals surface area contributed by atoms with Crippen molar-refractivity contribution in [3.63, 3.8) is 0 Å². The zero-order valence-electron chi connectivity index (χ0n) is 7.62. The number of pyridine rings is 1. The molecule has 0 aliphatic rings. The van der Waals surface area contributed by atoms with E-state index < -0.39 is 14.9 Å². The SMILES string of the molecule is O=S(=O)(Cl)c1cc(F)cc2c(Cl)nccc12. The van der Waals surface area contributed by atoms with Crippen LogP contribution in [0.5, 0.6) is 0 Å². The lowest BCUT2D eigenvalue weighted by Gasteiger charge is -2.04. The van der Waals surface area contributed by atoms with Crippen molar-refractivity contribution >= 4 is 42.1 Å². The Balaban J connectivity index is 3.01. The third-order valence-corrected chi connectivity index (χ3v) is 3.68. The average molecular weight is 280 g/mol. The van der Waals surface area contributed by atoms with Gasteiger partial charge in [0.25, 0.3) is 9.05 Å². The molecular weight excluding hydrogens is 276 g/mol. The number of nitrogens with zero attached hydrogens (tertiary/aromatic N) is 1. The number of halogens is 3. The van der Waals surface area contributed by atoms with E-state index >= 15 is 0 Å². The van der Waals surface area contributed by atoms with Crippen molar-refractivity contribution in [1.29, 1.82) is 0 Å². The average Bonchev–Trinajstić information content (AvgIpc) is 2.17. The van der Waals surface area contributed by atoms with Crippen LogP contribution < -0.4 is 0 Å². The summed E-state index contributed by atoms with van der Waals surface area (Å²) in [4.78, 5) is 3.42. The molecule has 0 spiro atoms. The Hall–Kier alpha value is -0.910. The molecule has 0 bridgehead atoms. The van der Waals surface area contributed by atoms with Gasteiger partial charge in [-0.1, -0.05) is 11.6 Å². The number of aromatic nitrogens is 1. The van der Waals surface area contributed by atoms with E-state index in [1.807, 2.05) is 0 Å². The summed E-state index contributed by atoms with van der Waals surface area (Å²) in [5.74, 6) is -0.735. The molecule has 84 valence electrons. The number of fused-ring (bicyclic) bond motifs is 1. The third-order valence-electron chi connectivity index (χ3n) is 2.02. The Bertz CT molecular complexity index is 673. The monoisotopic (exact) mass is 279 g/mol. The predicted octanol–water partition coefficient (Wildman–Crippen LogP) is 2.95. The maximum Gasteiger partial charge on any atom is 0.262 e. The summed E-state index contributed by atoms with van der Waals surface area (Å²) in [6.45, 7) is 0. The first-order valence-electron chi connectivity index (χ1n) is 4.08. The van der Waals surface area contributed by atoms with Crippen molar-refractivity contribution in [2.75, 3.05) is 0 Å². The summed E-state index contributed by atoms with van der Waals surface area (Å²) in [5, 5.41) is 0.485. The summed E-state index contributed by atoms with van der Waals surface area (Å²) >= 11 is 5.74. The number of hydrogen-bond acceptors (Lipinski definition) is 3. The fraction of sp³-hybridized carbons (Fsp3) is 0. The van der Waals surface area contributed by atoms with Crippen LogP contribution in [0.15, 0.2) is 29.3 Å². The number of rotatable bonds is 1. The molecule has 16 heavy (non-hydrogen) atoms. The zero-order chi connectivity index (χ0) is 11.9. The van der Waals surface area contributed by atoms with Gasteiger partial charge in [-0.15, -0.1) is 0 Å². The summed E-state index contributed by atoms with van der Waals surface area (Å²) < 4.78 is 35.7. The Morgan fingerprint density at radius 3 is 2.56 bits per heavy atom. The van der Waals surface area contributed by atoms with Crippen LogP contribution in [0.4, 0.5) is 4.39 Å². The molecule has 1 aromatic carbocycles. The van der Waals surface area contributed by atoms with Crippen molar-refractivity contribution < 1.29 is 12.8 Å². The lowest BCUT2D eigenvalue weighted by molar-refractivity contribution is 0.604. The van der Waals surface area contributed by atoms with Crippen LogP contribution in [0.1, 0.15) is 0 Å². The molecule has 0 aliphatic heterocycles. The molecule has 7 heteroatoms. The minimum absolute atomic E-state index is 0.0265. The van der Waals surface area contributed by atoms with Gasteiger partial charge in [0.1, 0.15) is 11.0 Å². The lowest BCUT2D eigenvalue weighted by atomic mass is 10.2. The van der Waals surface area contributed by atoms with E-state index in [1.54, 1.807) is 0 Å². The first-order valence-corrected chi connectivity index (χ1v) is 6.77. The standard InChI is InChI=1S/C9H4Cl2FNO2S/c10-9-7-3-5(12)4-8(16(11,14)15)6(7)1-2-13-9/h1-4H. The molecule has 3 nitrogen and oxygen atoms in total. The largest absolute Gasteiger partial charge is 0.262 e. The highest BCUT2D eigenvalue weighted by Crippen LogP contribution is 2.30. The summed E-state index contributed by atoms with van der Waals surface area (Å²) in [5.41, 5.74) is 0. The van der Waals surface area contributed by atoms with E-state index in [0.29, 0.717) is 0 Å². The predicted molar refractivity (Wildman–Crippen MR) is 59.7 cm³/mol. The highest BCUT2D eigenvalue weighted by Gasteiger charge is 2.17. The Labute approximate surface area is 100 Å². The van der Waals surface area contributed by atoms with Crippen LogP contribution in [0.2, 0.25) is 5.15 Å². The van der Waals surface area contributed by atoms with Crippen LogP contribution in [-0.2, 0) is 9.05 Å². The minimum atomic E-state index is -4.02. The first kappa shape index (κ1) is 11.6. The van der Waals surface area contributed by atoms with Crippen LogP contribution in [-0.4, -0.2) is 13.4 Å². The molecule has 2 aromatic rings. The summed E-state index contributed by atoms with van der Waals surface area (Å²) in [7, 11) is 1.18. The quantitative estimate of drug-likeness (QED) is 0.596. The summed E-state index contributed by atoms with van der Waals surface area (Å²) in [6, 6.07) is 3.37. The van der Waals surface area contributed by atoms with Crippen molar-refractivity contribution in [2.45, 2.75) is 4.90 Å². The molecule has 0 unspecified atom stereocenters. The second-order valence-electron chi connectivity index (χ2n) is 3.04. The van der Waals surface area contributed by atoms with Gasteiger partial charge in [0.15, 0.2) is 0 Å². The van der Waals surface area contributed by atoms with Crippen LogP contribution in [0.25, 0.3) is 10.8 Å². The molecule has 0 aliphatic carbocycles. The second-order valence-corrected chi connectivity index (χ2v) is 5.93. The summed E-state index contributed by atoms with van der Waals surface area (Å²) in [6.07, 6.45) is 1.33. The zero-order valence-corrected chi connectivity index (χ0v) is 9.94. The van der Waals surface area contributed by atoms with Gasteiger partial charge in [-0.05, 0) is 18.2 Å². The molecule has 0 N–H and O–H groups in total. The van der Waals surface area contributed by atoms with E-state index in [-0.39, 0.29) is 20.8 Å². The van der Waals surface area contributed by atoms with Gasteiger partial charge in [-0.25, -0.2) is 17.8 Å². The van der Waals surface area contributed by atoms with Crippen molar-refractivity contribution in [1.82, 2.24) is 4.98 Å². The van der Waals surface area contributed by atoms with Gasteiger partial charge in [0, 0.05) is 27.7 Å². The van der Waals surface area contributed by atoms with Gasteiger partial charge >= 0.3 is 0 Å². The number of benzene rings is 1. The molecule has 1 heterocycles. The first-order chi connectivity index (χ1) is 7.39. The molecule has 0 atom stereocenters. The van der Waals surface area contributed by atoms with E-state index in [0.717, 1.165) is 12.1 Å². The maximum atomic E-state index is 13.2. The highest BCUT2D eigenvalue weighted by atomic mass is 35.7. The molecule has 1 aromatic heterocycles. The smallest absolute Gasteiger partial charge is 0.244 e. The normalized spacial score (nSPS) is 11.9. The van der Waals surface area contributed by atoms with Crippen molar-refractivity contribution in [3.8, 4) is 0 Å². The lowest BCUT2D eigenvalue weighted by Crippen LogP contribution is -1.95. The Morgan fingerprint density at radius 1 is 1.25 bits per heavy atom. The fourth-order valence-corrected chi connectivity index (χ4v) is 2.67. The third kappa shape index (κ3) is 1.98.